The van der Waals surface area contributed by atoms with Crippen LogP contribution in [0.15, 0.2) is 17.0 Å². The number of hydrogen-bond acceptors (Lipinski definition) is 7. The molecule has 1 rings (SSSR count). The maximum atomic E-state index is 12.5. The van der Waals surface area contributed by atoms with Gasteiger partial charge in [0.2, 0.25) is 15.8 Å². The van der Waals surface area contributed by atoms with E-state index >= 15 is 0 Å². The number of benzene rings is 1. The summed E-state index contributed by atoms with van der Waals surface area (Å²) in [6, 6.07) is 1.89. The molecule has 10 heteroatoms. The van der Waals surface area contributed by atoms with Gasteiger partial charge in [-0.1, -0.05) is 13.8 Å². The molecule has 1 aromatic carbocycles. The molecule has 0 aliphatic rings. The van der Waals surface area contributed by atoms with Crippen molar-refractivity contribution < 1.29 is 27.6 Å². The number of carbonyl (C=O) groups is 1. The summed E-state index contributed by atoms with van der Waals surface area (Å²) >= 11 is 0. The van der Waals surface area contributed by atoms with Gasteiger partial charge < -0.3 is 9.47 Å². The number of sulfonamides is 1. The Hall–Kier alpha value is -2.20. The zero-order valence-corrected chi connectivity index (χ0v) is 14.0. The van der Waals surface area contributed by atoms with Crippen LogP contribution >= 0.6 is 0 Å². The lowest BCUT2D eigenvalue weighted by molar-refractivity contribution is -0.386. The molecular formula is C13H18N2O7S. The van der Waals surface area contributed by atoms with E-state index < -0.39 is 26.6 Å². The van der Waals surface area contributed by atoms with Crippen LogP contribution in [0.3, 0.4) is 0 Å². The topological polar surface area (TPSA) is 116 Å². The molecule has 0 unspecified atom stereocenters. The highest BCUT2D eigenvalue weighted by Gasteiger charge is 2.31. The predicted molar refractivity (Wildman–Crippen MR) is 81.1 cm³/mol. The lowest BCUT2D eigenvalue weighted by Crippen LogP contribution is -2.30. The van der Waals surface area contributed by atoms with Gasteiger partial charge in [0.15, 0.2) is 0 Å². The van der Waals surface area contributed by atoms with Crippen molar-refractivity contribution in [2.24, 2.45) is 0 Å². The lowest BCUT2D eigenvalue weighted by atomic mass is 10.1. The van der Waals surface area contributed by atoms with E-state index in [9.17, 15) is 23.3 Å². The van der Waals surface area contributed by atoms with E-state index in [-0.39, 0.29) is 29.3 Å². The zero-order chi connectivity index (χ0) is 17.8. The fourth-order valence-electron chi connectivity index (χ4n) is 2.06. The average molecular weight is 346 g/mol. The Labute approximate surface area is 134 Å². The average Bonchev–Trinajstić information content (AvgIpc) is 2.53. The van der Waals surface area contributed by atoms with Gasteiger partial charge >= 0.3 is 11.7 Å². The van der Waals surface area contributed by atoms with Crippen molar-refractivity contribution in [3.8, 4) is 5.75 Å². The smallest absolute Gasteiger partial charge is 0.341 e. The van der Waals surface area contributed by atoms with E-state index in [0.717, 1.165) is 30.7 Å². The number of carbonyl (C=O) groups excluding carboxylic acids is 1. The molecule has 0 aromatic heterocycles. The minimum absolute atomic E-state index is 0.187. The minimum Gasteiger partial charge on any atom is -0.490 e. The third-order valence-electron chi connectivity index (χ3n) is 3.19. The van der Waals surface area contributed by atoms with Crippen LogP contribution < -0.4 is 4.74 Å². The SMILES string of the molecule is CCN(CC)S(=O)(=O)c1cc(C(=O)OC)c(OC)c([N+](=O)[O-])c1. The van der Waals surface area contributed by atoms with E-state index in [0.29, 0.717) is 0 Å². The molecule has 0 bridgehead atoms. The molecule has 0 aliphatic heterocycles. The summed E-state index contributed by atoms with van der Waals surface area (Å²) in [6.45, 7) is 3.65. The monoisotopic (exact) mass is 346 g/mol. The Balaban J connectivity index is 3.73. The molecule has 0 N–H and O–H groups in total. The number of rotatable bonds is 7. The number of hydrogen-bond donors (Lipinski definition) is 0. The van der Waals surface area contributed by atoms with Crippen molar-refractivity contribution in [2.45, 2.75) is 18.7 Å². The molecule has 0 saturated heterocycles. The molecule has 9 nitrogen and oxygen atoms in total. The Morgan fingerprint density at radius 2 is 1.83 bits per heavy atom. The molecular weight excluding hydrogens is 328 g/mol. The Morgan fingerprint density at radius 3 is 2.22 bits per heavy atom. The largest absolute Gasteiger partial charge is 0.490 e. The quantitative estimate of drug-likeness (QED) is 0.416. The molecule has 23 heavy (non-hydrogen) atoms. The van der Waals surface area contributed by atoms with Gasteiger partial charge in [-0.2, -0.15) is 4.31 Å². The standard InChI is InChI=1S/C13H18N2O7S/c1-5-14(6-2)23(19,20)9-7-10(13(16)22-4)12(21-3)11(8-9)15(17)18/h7-8H,5-6H2,1-4H3. The van der Waals surface area contributed by atoms with Crippen molar-refractivity contribution in [3.05, 3.63) is 27.8 Å². The van der Waals surface area contributed by atoms with Gasteiger partial charge in [-0.25, -0.2) is 13.2 Å². The van der Waals surface area contributed by atoms with Crippen LogP contribution in [-0.2, 0) is 14.8 Å². The molecule has 128 valence electrons. The van der Waals surface area contributed by atoms with E-state index in [2.05, 4.69) is 4.74 Å². The first-order chi connectivity index (χ1) is 10.7. The minimum atomic E-state index is -3.98. The van der Waals surface area contributed by atoms with Crippen LogP contribution in [0.5, 0.6) is 5.75 Å². The lowest BCUT2D eigenvalue weighted by Gasteiger charge is -2.19. The second-order valence-corrected chi connectivity index (χ2v) is 6.30. The van der Waals surface area contributed by atoms with Crippen LogP contribution in [0, 0.1) is 10.1 Å². The third kappa shape index (κ3) is 3.59. The highest BCUT2D eigenvalue weighted by molar-refractivity contribution is 7.89. The summed E-state index contributed by atoms with van der Waals surface area (Å²) in [6.07, 6.45) is 0. The van der Waals surface area contributed by atoms with Gasteiger partial charge in [0, 0.05) is 19.2 Å². The second kappa shape index (κ2) is 7.38. The summed E-state index contributed by atoms with van der Waals surface area (Å²) in [5.74, 6) is -1.28. The molecule has 0 aliphatic carbocycles. The van der Waals surface area contributed by atoms with Gasteiger partial charge in [0.25, 0.3) is 0 Å². The molecule has 0 heterocycles. The molecule has 0 saturated carbocycles. The third-order valence-corrected chi connectivity index (χ3v) is 5.22. The number of nitro benzene ring substituents is 1. The number of nitrogens with zero attached hydrogens (tertiary/aromatic N) is 2. The summed E-state index contributed by atoms with van der Waals surface area (Å²) in [7, 11) is -1.75. The Bertz CT molecular complexity index is 711. The first-order valence-corrected chi connectivity index (χ1v) is 8.13. The highest BCUT2D eigenvalue weighted by atomic mass is 32.2. The number of methoxy groups -OCH3 is 2. The van der Waals surface area contributed by atoms with Crippen molar-refractivity contribution in [2.75, 3.05) is 27.3 Å². The number of ether oxygens (including phenoxy) is 2. The first-order valence-electron chi connectivity index (χ1n) is 6.69. The van der Waals surface area contributed by atoms with E-state index in [4.69, 9.17) is 4.74 Å². The first kappa shape index (κ1) is 18.8. The van der Waals surface area contributed by atoms with Crippen LogP contribution in [0.4, 0.5) is 5.69 Å². The Kier molecular flexibility index (Phi) is 6.05. The van der Waals surface area contributed by atoms with Crippen LogP contribution in [0.25, 0.3) is 0 Å². The Morgan fingerprint density at radius 1 is 1.26 bits per heavy atom. The molecule has 0 radical (unpaired) electrons. The molecule has 0 amide bonds. The van der Waals surface area contributed by atoms with E-state index in [1.807, 2.05) is 0 Å². The van der Waals surface area contributed by atoms with E-state index in [1.54, 1.807) is 13.8 Å². The van der Waals surface area contributed by atoms with Crippen LogP contribution in [0.2, 0.25) is 0 Å². The van der Waals surface area contributed by atoms with Crippen molar-refractivity contribution in [1.29, 1.82) is 0 Å². The van der Waals surface area contributed by atoms with Crippen molar-refractivity contribution >= 4 is 21.7 Å². The van der Waals surface area contributed by atoms with Crippen molar-refractivity contribution in [1.82, 2.24) is 4.31 Å². The van der Waals surface area contributed by atoms with Gasteiger partial charge in [0.05, 0.1) is 24.0 Å². The second-order valence-electron chi connectivity index (χ2n) is 4.36. The summed E-state index contributed by atoms with van der Waals surface area (Å²) in [4.78, 5) is 21.8. The van der Waals surface area contributed by atoms with Gasteiger partial charge in [0.1, 0.15) is 5.56 Å². The van der Waals surface area contributed by atoms with Crippen LogP contribution in [-0.4, -0.2) is 50.9 Å². The molecule has 0 fully saturated rings. The molecule has 0 atom stereocenters. The summed E-state index contributed by atoms with van der Waals surface area (Å²) in [5.41, 5.74) is -0.948. The van der Waals surface area contributed by atoms with Crippen molar-refractivity contribution in [3.63, 3.8) is 0 Å². The predicted octanol–water partition coefficient (Wildman–Crippen LogP) is 1.42. The normalized spacial score (nSPS) is 11.3. The fourth-order valence-corrected chi connectivity index (χ4v) is 3.57. The summed E-state index contributed by atoms with van der Waals surface area (Å²) < 4.78 is 35.6. The van der Waals surface area contributed by atoms with E-state index in [1.165, 1.54) is 0 Å². The zero-order valence-electron chi connectivity index (χ0n) is 13.2. The molecule has 0 spiro atoms. The molecule has 1 aromatic rings. The number of esters is 1. The van der Waals surface area contributed by atoms with Gasteiger partial charge in [-0.05, 0) is 6.07 Å². The van der Waals surface area contributed by atoms with Gasteiger partial charge in [-0.3, -0.25) is 10.1 Å². The highest BCUT2D eigenvalue weighted by Crippen LogP contribution is 2.35. The maximum Gasteiger partial charge on any atom is 0.341 e. The maximum absolute atomic E-state index is 12.5. The van der Waals surface area contributed by atoms with Crippen LogP contribution in [0.1, 0.15) is 24.2 Å². The number of nitro groups is 1. The van der Waals surface area contributed by atoms with Gasteiger partial charge in [-0.15, -0.1) is 0 Å². The summed E-state index contributed by atoms with van der Waals surface area (Å²) in [5, 5.41) is 11.2. The fraction of sp³-hybridized carbons (Fsp3) is 0.462.